The first-order valence-electron chi connectivity index (χ1n) is 4.88. The molecule has 1 aromatic rings. The van der Waals surface area contributed by atoms with Crippen molar-refractivity contribution in [1.82, 2.24) is 0 Å². The zero-order chi connectivity index (χ0) is 13.0. The molecule has 1 aromatic carbocycles. The molecule has 5 nitrogen and oxygen atoms in total. The molecule has 88 valence electrons. The minimum atomic E-state index is -1.02. The van der Waals surface area contributed by atoms with Crippen LogP contribution in [0.3, 0.4) is 0 Å². The van der Waals surface area contributed by atoms with Gasteiger partial charge in [-0.1, -0.05) is 11.8 Å². The van der Waals surface area contributed by atoms with E-state index in [9.17, 15) is 14.9 Å². The molecule has 1 rings (SSSR count). The molecular weight excluding hydrogens is 222 g/mol. The largest absolute Gasteiger partial charge is 0.481 e. The van der Waals surface area contributed by atoms with E-state index in [0.29, 0.717) is 11.1 Å². The van der Waals surface area contributed by atoms with Gasteiger partial charge in [-0.2, -0.15) is 0 Å². The summed E-state index contributed by atoms with van der Waals surface area (Å²) in [6.07, 6.45) is -0.277. The van der Waals surface area contributed by atoms with Crippen molar-refractivity contribution in [3.63, 3.8) is 0 Å². The van der Waals surface area contributed by atoms with Crippen LogP contribution in [0.15, 0.2) is 12.1 Å². The molecule has 17 heavy (non-hydrogen) atoms. The van der Waals surface area contributed by atoms with Gasteiger partial charge in [0.15, 0.2) is 0 Å². The number of benzene rings is 1. The van der Waals surface area contributed by atoms with E-state index in [-0.39, 0.29) is 12.1 Å². The minimum absolute atomic E-state index is 0.00442. The second kappa shape index (κ2) is 5.12. The van der Waals surface area contributed by atoms with Gasteiger partial charge in [0.25, 0.3) is 5.69 Å². The number of hydrogen-bond donors (Lipinski definition) is 1. The van der Waals surface area contributed by atoms with E-state index in [4.69, 9.17) is 5.11 Å². The third-order valence-corrected chi connectivity index (χ3v) is 2.20. The fraction of sp³-hybridized carbons (Fsp3) is 0.250. The van der Waals surface area contributed by atoms with Crippen LogP contribution in [0.1, 0.15) is 23.1 Å². The van der Waals surface area contributed by atoms with Gasteiger partial charge in [-0.3, -0.25) is 14.9 Å². The quantitative estimate of drug-likeness (QED) is 0.481. The molecule has 5 heteroatoms. The zero-order valence-corrected chi connectivity index (χ0v) is 9.48. The van der Waals surface area contributed by atoms with Gasteiger partial charge in [-0.15, -0.1) is 0 Å². The van der Waals surface area contributed by atoms with Crippen molar-refractivity contribution in [2.75, 3.05) is 0 Å². The molecule has 0 radical (unpaired) electrons. The van der Waals surface area contributed by atoms with E-state index in [0.717, 1.165) is 5.56 Å². The second-order valence-corrected chi connectivity index (χ2v) is 3.58. The molecule has 0 atom stereocenters. The SMILES string of the molecule is Cc1cc(C)c([N+](=O)[O-])cc1C#CCC(=O)O. The summed E-state index contributed by atoms with van der Waals surface area (Å²) >= 11 is 0. The number of aliphatic carboxylic acids is 1. The van der Waals surface area contributed by atoms with Crippen LogP contribution in [-0.2, 0) is 4.79 Å². The highest BCUT2D eigenvalue weighted by Gasteiger charge is 2.12. The summed E-state index contributed by atoms with van der Waals surface area (Å²) < 4.78 is 0. The lowest BCUT2D eigenvalue weighted by molar-refractivity contribution is -0.385. The number of rotatable bonds is 2. The minimum Gasteiger partial charge on any atom is -0.481 e. The Morgan fingerprint density at radius 3 is 2.59 bits per heavy atom. The predicted octanol–water partition coefficient (Wildman–Crippen LogP) is 2.04. The predicted molar refractivity (Wildman–Crippen MR) is 61.7 cm³/mol. The maximum atomic E-state index is 10.7. The lowest BCUT2D eigenvalue weighted by Crippen LogP contribution is -1.95. The van der Waals surface area contributed by atoms with Gasteiger partial charge < -0.3 is 5.11 Å². The summed E-state index contributed by atoms with van der Waals surface area (Å²) in [7, 11) is 0. The average Bonchev–Trinajstić information content (AvgIpc) is 2.20. The molecule has 0 bridgehead atoms. The molecule has 0 heterocycles. The Hall–Kier alpha value is -2.35. The standard InChI is InChI=1S/C12H11NO4/c1-8-6-9(2)11(13(16)17)7-10(8)4-3-5-12(14)15/h6-7H,5H2,1-2H3,(H,14,15). The topological polar surface area (TPSA) is 80.4 Å². The molecule has 0 spiro atoms. The van der Waals surface area contributed by atoms with Crippen LogP contribution in [0.4, 0.5) is 5.69 Å². The highest BCUT2D eigenvalue weighted by Crippen LogP contribution is 2.21. The van der Waals surface area contributed by atoms with Crippen molar-refractivity contribution < 1.29 is 14.8 Å². The Morgan fingerprint density at radius 1 is 1.41 bits per heavy atom. The fourth-order valence-electron chi connectivity index (χ4n) is 1.39. The summed E-state index contributed by atoms with van der Waals surface area (Å²) in [5, 5.41) is 19.2. The highest BCUT2D eigenvalue weighted by molar-refractivity contribution is 5.70. The van der Waals surface area contributed by atoms with E-state index < -0.39 is 10.9 Å². The van der Waals surface area contributed by atoms with Gasteiger partial charge >= 0.3 is 5.97 Å². The number of carbonyl (C=O) groups is 1. The van der Waals surface area contributed by atoms with Crippen molar-refractivity contribution in [2.24, 2.45) is 0 Å². The third-order valence-electron chi connectivity index (χ3n) is 2.20. The van der Waals surface area contributed by atoms with E-state index in [1.165, 1.54) is 6.07 Å². The van der Waals surface area contributed by atoms with Gasteiger partial charge in [-0.05, 0) is 25.5 Å². The van der Waals surface area contributed by atoms with Gasteiger partial charge in [0.05, 0.1) is 4.92 Å². The molecule has 0 aliphatic rings. The van der Waals surface area contributed by atoms with Crippen molar-refractivity contribution in [2.45, 2.75) is 20.3 Å². The van der Waals surface area contributed by atoms with Crippen molar-refractivity contribution in [1.29, 1.82) is 0 Å². The Balaban J connectivity index is 3.15. The van der Waals surface area contributed by atoms with Crippen LogP contribution in [0.2, 0.25) is 0 Å². The Labute approximate surface area is 98.2 Å². The first-order chi connectivity index (χ1) is 7.91. The summed E-state index contributed by atoms with van der Waals surface area (Å²) in [4.78, 5) is 20.5. The number of nitro benzene ring substituents is 1. The fourth-order valence-corrected chi connectivity index (χ4v) is 1.39. The summed E-state index contributed by atoms with van der Waals surface area (Å²) in [6.45, 7) is 3.43. The zero-order valence-electron chi connectivity index (χ0n) is 9.48. The number of carboxylic acids is 1. The third kappa shape index (κ3) is 3.31. The molecule has 0 saturated heterocycles. The van der Waals surface area contributed by atoms with Crippen LogP contribution in [0, 0.1) is 35.8 Å². The first kappa shape index (κ1) is 12.7. The molecule has 0 amide bonds. The molecule has 0 aliphatic heterocycles. The van der Waals surface area contributed by atoms with Crippen molar-refractivity contribution in [3.05, 3.63) is 38.9 Å². The van der Waals surface area contributed by atoms with Gasteiger partial charge in [0.1, 0.15) is 6.42 Å². The molecule has 0 saturated carbocycles. The van der Waals surface area contributed by atoms with Crippen LogP contribution < -0.4 is 0 Å². The lowest BCUT2D eigenvalue weighted by atomic mass is 10.0. The molecule has 1 N–H and O–H groups in total. The number of carboxylic acid groups (broad SMARTS) is 1. The molecule has 0 aliphatic carbocycles. The number of nitrogens with zero attached hydrogens (tertiary/aromatic N) is 1. The Bertz CT molecular complexity index is 537. The highest BCUT2D eigenvalue weighted by atomic mass is 16.6. The number of aryl methyl sites for hydroxylation is 2. The van der Waals surface area contributed by atoms with Crippen LogP contribution in [0.25, 0.3) is 0 Å². The summed E-state index contributed by atoms with van der Waals surface area (Å²) in [6, 6.07) is 3.04. The molecular formula is C12H11NO4. The monoisotopic (exact) mass is 233 g/mol. The smallest absolute Gasteiger partial charge is 0.315 e. The lowest BCUT2D eigenvalue weighted by Gasteiger charge is -2.01. The molecule has 0 unspecified atom stereocenters. The van der Waals surface area contributed by atoms with Crippen molar-refractivity contribution in [3.8, 4) is 11.8 Å². The number of nitro groups is 1. The van der Waals surface area contributed by atoms with Crippen LogP contribution >= 0.6 is 0 Å². The van der Waals surface area contributed by atoms with Gasteiger partial charge in [0.2, 0.25) is 0 Å². The van der Waals surface area contributed by atoms with E-state index in [1.54, 1.807) is 19.9 Å². The van der Waals surface area contributed by atoms with E-state index in [1.807, 2.05) is 0 Å². The van der Waals surface area contributed by atoms with E-state index in [2.05, 4.69) is 11.8 Å². The van der Waals surface area contributed by atoms with E-state index >= 15 is 0 Å². The number of hydrogen-bond acceptors (Lipinski definition) is 3. The van der Waals surface area contributed by atoms with Crippen LogP contribution in [-0.4, -0.2) is 16.0 Å². The maximum absolute atomic E-state index is 10.7. The average molecular weight is 233 g/mol. The summed E-state index contributed by atoms with van der Waals surface area (Å²) in [5.74, 6) is 4.07. The normalized spacial score (nSPS) is 9.29. The van der Waals surface area contributed by atoms with Crippen LogP contribution in [0.5, 0.6) is 0 Å². The Kier molecular flexibility index (Phi) is 3.83. The van der Waals surface area contributed by atoms with Gasteiger partial charge in [0, 0.05) is 17.2 Å². The molecule has 0 aromatic heterocycles. The molecule has 0 fully saturated rings. The van der Waals surface area contributed by atoms with Gasteiger partial charge in [-0.25, -0.2) is 0 Å². The maximum Gasteiger partial charge on any atom is 0.315 e. The Morgan fingerprint density at radius 2 is 2.06 bits per heavy atom. The second-order valence-electron chi connectivity index (χ2n) is 3.58. The van der Waals surface area contributed by atoms with Crippen molar-refractivity contribution >= 4 is 11.7 Å². The summed E-state index contributed by atoms with van der Waals surface area (Å²) in [5.41, 5.74) is 1.85. The first-order valence-corrected chi connectivity index (χ1v) is 4.88.